The Morgan fingerprint density at radius 2 is 2.21 bits per heavy atom. The Morgan fingerprint density at radius 3 is 2.86 bits per heavy atom. The molecule has 5 nitrogen and oxygen atoms in total. The summed E-state index contributed by atoms with van der Waals surface area (Å²) in [6.07, 6.45) is 3.44. The SMILES string of the molecule is CSc1nc(N)nc(-c2ccco2)n1. The van der Waals surface area contributed by atoms with Crippen molar-refractivity contribution < 1.29 is 4.42 Å². The van der Waals surface area contributed by atoms with Crippen molar-refractivity contribution in [3.63, 3.8) is 0 Å². The predicted octanol–water partition coefficient (Wildman–Crippen LogP) is 1.44. The lowest BCUT2D eigenvalue weighted by atomic mass is 10.4. The summed E-state index contributed by atoms with van der Waals surface area (Å²) >= 11 is 1.41. The summed E-state index contributed by atoms with van der Waals surface area (Å²) in [6, 6.07) is 3.55. The largest absolute Gasteiger partial charge is 0.461 e. The molecular weight excluding hydrogens is 200 g/mol. The zero-order chi connectivity index (χ0) is 9.97. The van der Waals surface area contributed by atoms with E-state index in [1.807, 2.05) is 6.26 Å². The number of nitrogens with zero attached hydrogens (tertiary/aromatic N) is 3. The maximum atomic E-state index is 5.52. The van der Waals surface area contributed by atoms with Crippen LogP contribution < -0.4 is 5.73 Å². The molecule has 0 amide bonds. The molecule has 0 fully saturated rings. The Balaban J connectivity index is 2.48. The molecule has 2 N–H and O–H groups in total. The molecule has 0 aliphatic carbocycles. The Bertz CT molecular complexity index is 429. The van der Waals surface area contributed by atoms with E-state index < -0.39 is 0 Å². The highest BCUT2D eigenvalue weighted by Crippen LogP contribution is 2.18. The molecule has 14 heavy (non-hydrogen) atoms. The highest BCUT2D eigenvalue weighted by atomic mass is 32.2. The van der Waals surface area contributed by atoms with Crippen LogP contribution >= 0.6 is 11.8 Å². The second kappa shape index (κ2) is 3.67. The first kappa shape index (κ1) is 9.01. The van der Waals surface area contributed by atoms with Gasteiger partial charge in [0, 0.05) is 0 Å². The first-order valence-electron chi connectivity index (χ1n) is 3.89. The van der Waals surface area contributed by atoms with Crippen molar-refractivity contribution in [2.75, 3.05) is 12.0 Å². The molecule has 2 aromatic rings. The Morgan fingerprint density at radius 1 is 1.36 bits per heavy atom. The molecule has 0 atom stereocenters. The summed E-state index contributed by atoms with van der Waals surface area (Å²) in [5, 5.41) is 0.587. The number of thioether (sulfide) groups is 1. The van der Waals surface area contributed by atoms with Gasteiger partial charge in [0.1, 0.15) is 0 Å². The van der Waals surface area contributed by atoms with E-state index in [2.05, 4.69) is 15.0 Å². The zero-order valence-electron chi connectivity index (χ0n) is 7.47. The average molecular weight is 208 g/mol. The van der Waals surface area contributed by atoms with Crippen molar-refractivity contribution in [2.45, 2.75) is 5.16 Å². The van der Waals surface area contributed by atoms with Crippen LogP contribution in [0.15, 0.2) is 28.0 Å². The first-order chi connectivity index (χ1) is 6.79. The molecule has 0 unspecified atom stereocenters. The molecule has 0 radical (unpaired) electrons. The monoisotopic (exact) mass is 208 g/mol. The molecule has 2 aromatic heterocycles. The number of anilines is 1. The summed E-state index contributed by atoms with van der Waals surface area (Å²) in [5.74, 6) is 1.26. The fourth-order valence-corrected chi connectivity index (χ4v) is 1.34. The van der Waals surface area contributed by atoms with Crippen molar-refractivity contribution in [2.24, 2.45) is 0 Å². The number of furan rings is 1. The second-order valence-electron chi connectivity index (χ2n) is 2.48. The van der Waals surface area contributed by atoms with E-state index in [4.69, 9.17) is 10.2 Å². The number of hydrogen-bond donors (Lipinski definition) is 1. The lowest BCUT2D eigenvalue weighted by Crippen LogP contribution is -2.00. The van der Waals surface area contributed by atoms with Gasteiger partial charge < -0.3 is 10.2 Å². The van der Waals surface area contributed by atoms with Gasteiger partial charge in [0.05, 0.1) is 6.26 Å². The third-order valence-electron chi connectivity index (χ3n) is 1.56. The van der Waals surface area contributed by atoms with Gasteiger partial charge >= 0.3 is 0 Å². The third-order valence-corrected chi connectivity index (χ3v) is 2.10. The zero-order valence-corrected chi connectivity index (χ0v) is 8.28. The van der Waals surface area contributed by atoms with E-state index in [1.165, 1.54) is 11.8 Å². The number of nitrogen functional groups attached to an aromatic ring is 1. The average Bonchev–Trinajstić information content (AvgIpc) is 2.69. The molecule has 0 spiro atoms. The lowest BCUT2D eigenvalue weighted by molar-refractivity contribution is 0.575. The van der Waals surface area contributed by atoms with Gasteiger partial charge in [0.25, 0.3) is 0 Å². The van der Waals surface area contributed by atoms with Crippen LogP contribution in [0.4, 0.5) is 5.95 Å². The van der Waals surface area contributed by atoms with Crippen molar-refractivity contribution in [1.29, 1.82) is 0 Å². The van der Waals surface area contributed by atoms with Gasteiger partial charge in [0.15, 0.2) is 10.9 Å². The van der Waals surface area contributed by atoms with Crippen LogP contribution in [-0.2, 0) is 0 Å². The van der Waals surface area contributed by atoms with Gasteiger partial charge in [-0.15, -0.1) is 0 Å². The van der Waals surface area contributed by atoms with Crippen LogP contribution in [0, 0.1) is 0 Å². The van der Waals surface area contributed by atoms with Crippen molar-refractivity contribution >= 4 is 17.7 Å². The summed E-state index contributed by atoms with van der Waals surface area (Å²) in [4.78, 5) is 12.1. The second-order valence-corrected chi connectivity index (χ2v) is 3.25. The fourth-order valence-electron chi connectivity index (χ4n) is 0.979. The highest BCUT2D eigenvalue weighted by molar-refractivity contribution is 7.98. The number of aromatic nitrogens is 3. The molecular formula is C8H8N4OS. The minimum absolute atomic E-state index is 0.204. The maximum absolute atomic E-state index is 5.52. The predicted molar refractivity (Wildman–Crippen MR) is 53.7 cm³/mol. The van der Waals surface area contributed by atoms with Crippen LogP contribution in [0.5, 0.6) is 0 Å². The Kier molecular flexibility index (Phi) is 2.36. The van der Waals surface area contributed by atoms with Crippen molar-refractivity contribution in [3.05, 3.63) is 18.4 Å². The molecule has 72 valence electrons. The molecule has 0 saturated carbocycles. The Labute approximate surface area is 84.8 Å². The van der Waals surface area contributed by atoms with Gasteiger partial charge in [-0.2, -0.15) is 15.0 Å². The molecule has 0 aliphatic heterocycles. The molecule has 6 heteroatoms. The topological polar surface area (TPSA) is 77.8 Å². The van der Waals surface area contributed by atoms with Gasteiger partial charge in [-0.1, -0.05) is 11.8 Å². The molecule has 2 rings (SSSR count). The molecule has 0 bridgehead atoms. The van der Waals surface area contributed by atoms with Crippen LogP contribution in [0.2, 0.25) is 0 Å². The Hall–Kier alpha value is -1.56. The molecule has 0 aliphatic rings. The van der Waals surface area contributed by atoms with E-state index in [9.17, 15) is 0 Å². The van der Waals surface area contributed by atoms with Crippen molar-refractivity contribution in [1.82, 2.24) is 15.0 Å². The van der Waals surface area contributed by atoms with Crippen LogP contribution in [0.1, 0.15) is 0 Å². The van der Waals surface area contributed by atoms with Crippen LogP contribution in [0.3, 0.4) is 0 Å². The highest BCUT2D eigenvalue weighted by Gasteiger charge is 2.07. The van der Waals surface area contributed by atoms with E-state index >= 15 is 0 Å². The van der Waals surface area contributed by atoms with Gasteiger partial charge in [-0.3, -0.25) is 0 Å². The number of hydrogen-bond acceptors (Lipinski definition) is 6. The van der Waals surface area contributed by atoms with E-state index in [0.29, 0.717) is 16.7 Å². The van der Waals surface area contributed by atoms with E-state index in [-0.39, 0.29) is 5.95 Å². The quantitative estimate of drug-likeness (QED) is 0.752. The van der Waals surface area contributed by atoms with Gasteiger partial charge in [-0.25, -0.2) is 0 Å². The standard InChI is InChI=1S/C8H8N4OS/c1-14-8-11-6(10-7(9)12-8)5-3-2-4-13-5/h2-4H,1H3,(H2,9,10,11,12). The minimum atomic E-state index is 0.204. The molecule has 2 heterocycles. The molecule has 0 aromatic carbocycles. The fraction of sp³-hybridized carbons (Fsp3) is 0.125. The summed E-state index contributed by atoms with van der Waals surface area (Å²) < 4.78 is 5.16. The lowest BCUT2D eigenvalue weighted by Gasteiger charge is -1.99. The smallest absolute Gasteiger partial charge is 0.224 e. The third kappa shape index (κ3) is 1.69. The van der Waals surface area contributed by atoms with Gasteiger partial charge in [-0.05, 0) is 18.4 Å². The van der Waals surface area contributed by atoms with Crippen LogP contribution in [0.25, 0.3) is 11.6 Å². The normalized spacial score (nSPS) is 10.4. The number of nitrogens with two attached hydrogens (primary N) is 1. The van der Waals surface area contributed by atoms with Crippen molar-refractivity contribution in [3.8, 4) is 11.6 Å². The van der Waals surface area contributed by atoms with Crippen LogP contribution in [-0.4, -0.2) is 21.2 Å². The van der Waals surface area contributed by atoms with E-state index in [1.54, 1.807) is 18.4 Å². The molecule has 0 saturated heterocycles. The maximum Gasteiger partial charge on any atom is 0.224 e. The van der Waals surface area contributed by atoms with E-state index in [0.717, 1.165) is 0 Å². The summed E-state index contributed by atoms with van der Waals surface area (Å²) in [7, 11) is 0. The van der Waals surface area contributed by atoms with Gasteiger partial charge in [0.2, 0.25) is 11.8 Å². The number of rotatable bonds is 2. The summed E-state index contributed by atoms with van der Waals surface area (Å²) in [6.45, 7) is 0. The summed E-state index contributed by atoms with van der Waals surface area (Å²) in [5.41, 5.74) is 5.52. The first-order valence-corrected chi connectivity index (χ1v) is 5.11. The minimum Gasteiger partial charge on any atom is -0.461 e.